The zero-order valence-corrected chi connectivity index (χ0v) is 13.5. The Morgan fingerprint density at radius 1 is 1.04 bits per heavy atom. The van der Waals surface area contributed by atoms with E-state index >= 15 is 0 Å². The van der Waals surface area contributed by atoms with Gasteiger partial charge in [-0.2, -0.15) is 0 Å². The normalized spacial score (nSPS) is 13.3. The predicted molar refractivity (Wildman–Crippen MR) is 96.5 cm³/mol. The van der Waals surface area contributed by atoms with Crippen molar-refractivity contribution in [2.45, 2.75) is 4.90 Å². The number of rotatable bonds is 3. The van der Waals surface area contributed by atoms with E-state index in [1.807, 2.05) is 36.4 Å². The molecule has 0 saturated carbocycles. The van der Waals surface area contributed by atoms with Crippen LogP contribution in [-0.4, -0.2) is 19.9 Å². The minimum Gasteiger partial charge on any atom is -0.381 e. The number of pyridine rings is 1. The quantitative estimate of drug-likeness (QED) is 0.768. The van der Waals surface area contributed by atoms with Crippen molar-refractivity contribution < 1.29 is 8.42 Å². The maximum Gasteiger partial charge on any atom is 0.263 e. The Kier molecular flexibility index (Phi) is 3.46. The number of aromatic nitrogens is 1. The number of anilines is 2. The van der Waals surface area contributed by atoms with Crippen LogP contribution in [0.4, 0.5) is 11.5 Å². The molecule has 1 aliphatic rings. The number of nitrogens with zero attached hydrogens (tertiary/aromatic N) is 1. The highest BCUT2D eigenvalue weighted by Crippen LogP contribution is 2.25. The van der Waals surface area contributed by atoms with Crippen molar-refractivity contribution in [1.82, 2.24) is 4.98 Å². The van der Waals surface area contributed by atoms with Gasteiger partial charge >= 0.3 is 0 Å². The van der Waals surface area contributed by atoms with Gasteiger partial charge in [-0.15, -0.1) is 0 Å². The van der Waals surface area contributed by atoms with E-state index in [0.29, 0.717) is 5.82 Å². The van der Waals surface area contributed by atoms with E-state index in [1.165, 1.54) is 0 Å². The van der Waals surface area contributed by atoms with Crippen molar-refractivity contribution in [3.05, 3.63) is 66.4 Å². The largest absolute Gasteiger partial charge is 0.381 e. The molecule has 24 heavy (non-hydrogen) atoms. The molecule has 0 amide bonds. The number of hydrogen-bond donors (Lipinski definition) is 2. The zero-order valence-electron chi connectivity index (χ0n) is 12.7. The van der Waals surface area contributed by atoms with Gasteiger partial charge in [-0.05, 0) is 35.2 Å². The molecular formula is C18H15N3O2S. The third-order valence-corrected chi connectivity index (χ3v) is 5.26. The molecule has 1 aromatic heterocycles. The summed E-state index contributed by atoms with van der Waals surface area (Å²) in [4.78, 5) is 4.40. The van der Waals surface area contributed by atoms with Gasteiger partial charge in [0.2, 0.25) is 0 Å². The summed E-state index contributed by atoms with van der Waals surface area (Å²) in [5.74, 6) is 0.306. The lowest BCUT2D eigenvalue weighted by atomic mass is 10.1. The van der Waals surface area contributed by atoms with Gasteiger partial charge in [0.25, 0.3) is 10.0 Å². The van der Waals surface area contributed by atoms with Crippen LogP contribution in [0.5, 0.6) is 0 Å². The van der Waals surface area contributed by atoms with E-state index in [0.717, 1.165) is 28.6 Å². The average molecular weight is 337 g/mol. The molecule has 1 aliphatic heterocycles. The molecule has 4 rings (SSSR count). The molecule has 0 aliphatic carbocycles. The maximum absolute atomic E-state index is 12.6. The number of fused-ring (bicyclic) bond motifs is 2. The zero-order chi connectivity index (χ0) is 16.6. The van der Waals surface area contributed by atoms with Crippen LogP contribution in [0.15, 0.2) is 65.7 Å². The summed E-state index contributed by atoms with van der Waals surface area (Å²) >= 11 is 0. The highest BCUT2D eigenvalue weighted by Gasteiger charge is 2.17. The first-order valence-electron chi connectivity index (χ1n) is 7.54. The van der Waals surface area contributed by atoms with Crippen LogP contribution < -0.4 is 10.0 Å². The highest BCUT2D eigenvalue weighted by molar-refractivity contribution is 7.92. The predicted octanol–water partition coefficient (Wildman–Crippen LogP) is 3.47. The van der Waals surface area contributed by atoms with Gasteiger partial charge in [0.1, 0.15) is 5.82 Å². The van der Waals surface area contributed by atoms with Crippen LogP contribution in [0.25, 0.3) is 16.8 Å². The molecule has 2 heterocycles. The molecule has 2 N–H and O–H groups in total. The number of sulfonamides is 1. The lowest BCUT2D eigenvalue weighted by molar-refractivity contribution is 0.601. The summed E-state index contributed by atoms with van der Waals surface area (Å²) in [6.45, 7) is 0.748. The summed E-state index contributed by atoms with van der Waals surface area (Å²) < 4.78 is 27.8. The molecule has 0 atom stereocenters. The van der Waals surface area contributed by atoms with Crippen LogP contribution in [-0.2, 0) is 10.0 Å². The van der Waals surface area contributed by atoms with E-state index in [9.17, 15) is 8.42 Å². The van der Waals surface area contributed by atoms with Crippen molar-refractivity contribution in [1.29, 1.82) is 0 Å². The fraction of sp³-hybridized carbons (Fsp3) is 0.0556. The molecule has 0 spiro atoms. The van der Waals surface area contributed by atoms with Gasteiger partial charge in [0.05, 0.1) is 4.90 Å². The Bertz CT molecular complexity index is 1060. The van der Waals surface area contributed by atoms with Crippen LogP contribution in [0, 0.1) is 0 Å². The first kappa shape index (κ1) is 14.7. The molecule has 120 valence electrons. The van der Waals surface area contributed by atoms with Gasteiger partial charge in [-0.3, -0.25) is 4.72 Å². The lowest BCUT2D eigenvalue weighted by Gasteiger charge is -2.14. The fourth-order valence-corrected chi connectivity index (χ4v) is 3.73. The Morgan fingerprint density at radius 3 is 2.75 bits per heavy atom. The maximum atomic E-state index is 12.6. The Morgan fingerprint density at radius 2 is 1.88 bits per heavy atom. The van der Waals surface area contributed by atoms with Crippen LogP contribution in [0.3, 0.4) is 0 Å². The summed E-state index contributed by atoms with van der Waals surface area (Å²) in [6, 6.07) is 14.4. The standard InChI is InChI=1S/C18H15N3O2S/c22-24(23,16-7-8-17-14(10-16)6-3-9-19-17)21-18-11-13-4-1-2-5-15(13)12-20-18/h1-8,10-12,19H,9H2,(H,20,21). The molecule has 5 nitrogen and oxygen atoms in total. The molecule has 0 unspecified atom stereocenters. The molecule has 0 bridgehead atoms. The first-order valence-corrected chi connectivity index (χ1v) is 9.02. The SMILES string of the molecule is O=S(=O)(Nc1cc2ccccc2cn1)c1ccc2c(c1)C=CCN2. The van der Waals surface area contributed by atoms with Crippen molar-refractivity contribution in [3.63, 3.8) is 0 Å². The second-order valence-corrected chi connectivity index (χ2v) is 7.24. The lowest BCUT2D eigenvalue weighted by Crippen LogP contribution is -2.14. The van der Waals surface area contributed by atoms with Gasteiger partial charge in [0, 0.05) is 23.8 Å². The molecule has 0 saturated heterocycles. The first-order chi connectivity index (χ1) is 11.6. The second kappa shape index (κ2) is 5.65. The third-order valence-electron chi connectivity index (χ3n) is 3.91. The van der Waals surface area contributed by atoms with E-state index in [1.54, 1.807) is 30.5 Å². The van der Waals surface area contributed by atoms with Crippen LogP contribution in [0.2, 0.25) is 0 Å². The molecule has 6 heteroatoms. The molecule has 0 radical (unpaired) electrons. The molecule has 0 fully saturated rings. The van der Waals surface area contributed by atoms with Gasteiger partial charge < -0.3 is 5.32 Å². The van der Waals surface area contributed by atoms with Gasteiger partial charge in [0.15, 0.2) is 0 Å². The van der Waals surface area contributed by atoms with Crippen molar-refractivity contribution in [2.24, 2.45) is 0 Å². The summed E-state index contributed by atoms with van der Waals surface area (Å²) in [7, 11) is -3.69. The minimum absolute atomic E-state index is 0.213. The Labute approximate surface area is 140 Å². The van der Waals surface area contributed by atoms with Crippen molar-refractivity contribution >= 4 is 38.4 Å². The fourth-order valence-electron chi connectivity index (χ4n) is 2.70. The molecule has 3 aromatic rings. The average Bonchev–Trinajstić information content (AvgIpc) is 2.61. The Balaban J connectivity index is 1.68. The number of hydrogen-bond acceptors (Lipinski definition) is 4. The molecular weight excluding hydrogens is 322 g/mol. The van der Waals surface area contributed by atoms with E-state index in [2.05, 4.69) is 15.0 Å². The van der Waals surface area contributed by atoms with Crippen molar-refractivity contribution in [2.75, 3.05) is 16.6 Å². The molecule has 2 aromatic carbocycles. The smallest absolute Gasteiger partial charge is 0.263 e. The van der Waals surface area contributed by atoms with Gasteiger partial charge in [-0.1, -0.05) is 36.4 Å². The summed E-state index contributed by atoms with van der Waals surface area (Å²) in [5, 5.41) is 5.09. The summed E-state index contributed by atoms with van der Waals surface area (Å²) in [5.41, 5.74) is 1.79. The van der Waals surface area contributed by atoms with Gasteiger partial charge in [-0.25, -0.2) is 13.4 Å². The highest BCUT2D eigenvalue weighted by atomic mass is 32.2. The van der Waals surface area contributed by atoms with Crippen LogP contribution >= 0.6 is 0 Å². The van der Waals surface area contributed by atoms with Crippen molar-refractivity contribution in [3.8, 4) is 0 Å². The summed E-state index contributed by atoms with van der Waals surface area (Å²) in [6.07, 6.45) is 5.53. The monoisotopic (exact) mass is 337 g/mol. The van der Waals surface area contributed by atoms with Crippen LogP contribution in [0.1, 0.15) is 5.56 Å². The second-order valence-electron chi connectivity index (χ2n) is 5.55. The van der Waals surface area contributed by atoms with E-state index < -0.39 is 10.0 Å². The minimum atomic E-state index is -3.69. The van der Waals surface area contributed by atoms with E-state index in [-0.39, 0.29) is 4.90 Å². The Hall–Kier alpha value is -2.86. The van der Waals surface area contributed by atoms with E-state index in [4.69, 9.17) is 0 Å². The topological polar surface area (TPSA) is 71.1 Å². The third kappa shape index (κ3) is 2.72. The number of nitrogens with one attached hydrogen (secondary N) is 2. The number of benzene rings is 2.